The van der Waals surface area contributed by atoms with Gasteiger partial charge in [0.15, 0.2) is 0 Å². The van der Waals surface area contributed by atoms with Gasteiger partial charge in [-0.3, -0.25) is 4.72 Å². The van der Waals surface area contributed by atoms with E-state index in [9.17, 15) is 8.42 Å². The first-order chi connectivity index (χ1) is 9.67. The normalized spacial score (nSPS) is 12.4. The van der Waals surface area contributed by atoms with E-state index in [1.54, 1.807) is 24.3 Å². The van der Waals surface area contributed by atoms with Crippen LogP contribution in [0, 0.1) is 0 Å². The topological polar surface area (TPSA) is 72.0 Å². The zero-order valence-electron chi connectivity index (χ0n) is 11.9. The molecular formula is C13H16ClN3O2S2. The molecular weight excluding hydrogens is 330 g/mol. The van der Waals surface area contributed by atoms with E-state index >= 15 is 0 Å². The van der Waals surface area contributed by atoms with Crippen LogP contribution in [-0.2, 0) is 21.2 Å². The summed E-state index contributed by atoms with van der Waals surface area (Å²) in [5.41, 5.74) is 0.386. The summed E-state index contributed by atoms with van der Waals surface area (Å²) in [6, 6.07) is 6.85. The maximum Gasteiger partial charge on any atom is 0.238 e. The molecule has 0 radical (unpaired) electrons. The highest BCUT2D eigenvalue weighted by Crippen LogP contribution is 2.28. The molecule has 0 atom stereocenters. The molecule has 21 heavy (non-hydrogen) atoms. The Hall–Kier alpha value is -1.18. The fourth-order valence-corrected chi connectivity index (χ4v) is 4.08. The Balaban J connectivity index is 2.15. The average Bonchev–Trinajstić information content (AvgIpc) is 2.79. The molecule has 0 spiro atoms. The molecule has 0 aliphatic rings. The van der Waals surface area contributed by atoms with Crippen molar-refractivity contribution < 1.29 is 8.42 Å². The third kappa shape index (κ3) is 4.39. The van der Waals surface area contributed by atoms with Crippen LogP contribution in [0.3, 0.4) is 0 Å². The van der Waals surface area contributed by atoms with E-state index in [1.165, 1.54) is 11.3 Å². The summed E-state index contributed by atoms with van der Waals surface area (Å²) < 4.78 is 26.7. The minimum absolute atomic E-state index is 0.163. The third-order valence-corrected chi connectivity index (χ3v) is 5.57. The first-order valence-electron chi connectivity index (χ1n) is 6.25. The van der Waals surface area contributed by atoms with Crippen molar-refractivity contribution in [2.75, 3.05) is 4.72 Å². The molecule has 0 saturated carbocycles. The van der Waals surface area contributed by atoms with Crippen molar-refractivity contribution in [3.8, 4) is 0 Å². The zero-order chi connectivity index (χ0) is 15.7. The van der Waals surface area contributed by atoms with E-state index < -0.39 is 10.0 Å². The fourth-order valence-electron chi connectivity index (χ4n) is 1.56. The number of rotatable bonds is 4. The molecule has 0 fully saturated rings. The van der Waals surface area contributed by atoms with Gasteiger partial charge in [-0.15, -0.1) is 10.2 Å². The van der Waals surface area contributed by atoms with E-state index in [1.807, 2.05) is 20.8 Å². The zero-order valence-corrected chi connectivity index (χ0v) is 14.3. The lowest BCUT2D eigenvalue weighted by atomic mass is 9.98. The minimum Gasteiger partial charge on any atom is -0.257 e. The Morgan fingerprint density at radius 1 is 1.24 bits per heavy atom. The van der Waals surface area contributed by atoms with Gasteiger partial charge in [-0.25, -0.2) is 8.42 Å². The van der Waals surface area contributed by atoms with Gasteiger partial charge in [-0.2, -0.15) is 0 Å². The van der Waals surface area contributed by atoms with Gasteiger partial charge < -0.3 is 0 Å². The molecule has 0 aliphatic heterocycles. The highest BCUT2D eigenvalue weighted by molar-refractivity contribution is 7.92. The molecule has 8 heteroatoms. The number of nitrogens with one attached hydrogen (secondary N) is 1. The van der Waals surface area contributed by atoms with E-state index in [2.05, 4.69) is 14.9 Å². The SMILES string of the molecule is CC(C)(C)c1nnc(NS(=O)(=O)Cc2ccccc2Cl)s1. The highest BCUT2D eigenvalue weighted by Gasteiger charge is 2.21. The Bertz CT molecular complexity index is 736. The van der Waals surface area contributed by atoms with E-state index in [4.69, 9.17) is 11.6 Å². The minimum atomic E-state index is -3.57. The van der Waals surface area contributed by atoms with Crippen LogP contribution >= 0.6 is 22.9 Å². The first kappa shape index (κ1) is 16.2. The second-order valence-electron chi connectivity index (χ2n) is 5.61. The van der Waals surface area contributed by atoms with Crippen LogP contribution in [0.1, 0.15) is 31.3 Å². The predicted molar refractivity (Wildman–Crippen MR) is 86.3 cm³/mol. The lowest BCUT2D eigenvalue weighted by molar-refractivity contribution is 0.578. The van der Waals surface area contributed by atoms with E-state index in [-0.39, 0.29) is 16.3 Å². The summed E-state index contributed by atoms with van der Waals surface area (Å²) in [6.45, 7) is 5.99. The van der Waals surface area contributed by atoms with Crippen LogP contribution in [0.15, 0.2) is 24.3 Å². The summed E-state index contributed by atoms with van der Waals surface area (Å²) in [6.07, 6.45) is 0. The van der Waals surface area contributed by atoms with Crippen LogP contribution in [0.2, 0.25) is 5.02 Å². The van der Waals surface area contributed by atoms with Gasteiger partial charge in [-0.1, -0.05) is 61.9 Å². The molecule has 1 aromatic heterocycles. The Labute approximate surface area is 133 Å². The van der Waals surface area contributed by atoms with Gasteiger partial charge in [0.2, 0.25) is 15.2 Å². The number of benzene rings is 1. The number of hydrogen-bond acceptors (Lipinski definition) is 5. The van der Waals surface area contributed by atoms with E-state index in [0.29, 0.717) is 10.6 Å². The van der Waals surface area contributed by atoms with Crippen molar-refractivity contribution in [2.24, 2.45) is 0 Å². The monoisotopic (exact) mass is 345 g/mol. The smallest absolute Gasteiger partial charge is 0.238 e. The molecule has 1 aromatic carbocycles. The van der Waals surface area contributed by atoms with Crippen molar-refractivity contribution in [1.29, 1.82) is 0 Å². The number of anilines is 1. The van der Waals surface area contributed by atoms with Crippen molar-refractivity contribution in [2.45, 2.75) is 31.9 Å². The Morgan fingerprint density at radius 2 is 1.90 bits per heavy atom. The molecule has 0 amide bonds. The largest absolute Gasteiger partial charge is 0.257 e. The molecule has 0 aliphatic carbocycles. The fraction of sp³-hybridized carbons (Fsp3) is 0.385. The van der Waals surface area contributed by atoms with Gasteiger partial charge in [0.05, 0.1) is 5.75 Å². The van der Waals surface area contributed by atoms with Crippen molar-refractivity contribution in [3.63, 3.8) is 0 Å². The van der Waals surface area contributed by atoms with Crippen molar-refractivity contribution in [3.05, 3.63) is 39.9 Å². The lowest BCUT2D eigenvalue weighted by Gasteiger charge is -2.12. The number of sulfonamides is 1. The van der Waals surface area contributed by atoms with Crippen LogP contribution in [-0.4, -0.2) is 18.6 Å². The van der Waals surface area contributed by atoms with Crippen molar-refractivity contribution in [1.82, 2.24) is 10.2 Å². The maximum atomic E-state index is 12.1. The Kier molecular flexibility index (Phi) is 4.55. The lowest BCUT2D eigenvalue weighted by Crippen LogP contribution is -2.15. The summed E-state index contributed by atoms with van der Waals surface area (Å²) in [5, 5.41) is 9.36. The summed E-state index contributed by atoms with van der Waals surface area (Å²) >= 11 is 7.22. The standard InChI is InChI=1S/C13H16ClN3O2S2/c1-13(2,3)11-15-16-12(20-11)17-21(18,19)8-9-6-4-5-7-10(9)14/h4-7H,8H2,1-3H3,(H,16,17). The number of halogens is 1. The molecule has 5 nitrogen and oxygen atoms in total. The molecule has 2 rings (SSSR count). The van der Waals surface area contributed by atoms with Crippen LogP contribution in [0.25, 0.3) is 0 Å². The molecule has 1 heterocycles. The average molecular weight is 346 g/mol. The van der Waals surface area contributed by atoms with Crippen molar-refractivity contribution >= 4 is 38.1 Å². The van der Waals surface area contributed by atoms with Gasteiger partial charge in [-0.05, 0) is 11.6 Å². The highest BCUT2D eigenvalue weighted by atomic mass is 35.5. The van der Waals surface area contributed by atoms with Crippen LogP contribution in [0.4, 0.5) is 5.13 Å². The van der Waals surface area contributed by atoms with E-state index in [0.717, 1.165) is 5.01 Å². The molecule has 0 saturated heterocycles. The molecule has 114 valence electrons. The summed E-state index contributed by atoms with van der Waals surface area (Å²) in [7, 11) is -3.57. The second-order valence-corrected chi connectivity index (χ2v) is 8.72. The first-order valence-corrected chi connectivity index (χ1v) is 9.10. The third-order valence-electron chi connectivity index (χ3n) is 2.61. The Morgan fingerprint density at radius 3 is 2.48 bits per heavy atom. The van der Waals surface area contributed by atoms with Gasteiger partial charge in [0.1, 0.15) is 5.01 Å². The predicted octanol–water partition coefficient (Wildman–Crippen LogP) is 3.43. The quantitative estimate of drug-likeness (QED) is 0.921. The molecule has 0 bridgehead atoms. The summed E-state index contributed by atoms with van der Waals surface area (Å²) in [5.74, 6) is -0.197. The van der Waals surface area contributed by atoms with Gasteiger partial charge >= 0.3 is 0 Å². The van der Waals surface area contributed by atoms with Gasteiger partial charge in [0, 0.05) is 10.4 Å². The number of hydrogen-bond donors (Lipinski definition) is 1. The van der Waals surface area contributed by atoms with Crippen LogP contribution < -0.4 is 4.72 Å². The molecule has 0 unspecified atom stereocenters. The maximum absolute atomic E-state index is 12.1. The second kappa shape index (κ2) is 5.90. The van der Waals surface area contributed by atoms with Gasteiger partial charge in [0.25, 0.3) is 0 Å². The van der Waals surface area contributed by atoms with Crippen LogP contribution in [0.5, 0.6) is 0 Å². The number of aromatic nitrogens is 2. The summed E-state index contributed by atoms with van der Waals surface area (Å²) in [4.78, 5) is 0. The molecule has 2 aromatic rings. The molecule has 1 N–H and O–H groups in total. The number of nitrogens with zero attached hydrogens (tertiary/aromatic N) is 2.